The Hall–Kier alpha value is -0.940. The van der Waals surface area contributed by atoms with Crippen LogP contribution in [0.3, 0.4) is 0 Å². The molecule has 1 aromatic rings. The third-order valence-electron chi connectivity index (χ3n) is 3.78. The minimum atomic E-state index is -0.218. The van der Waals surface area contributed by atoms with Gasteiger partial charge in [-0.15, -0.1) is 0 Å². The van der Waals surface area contributed by atoms with Gasteiger partial charge in [0, 0.05) is 12.5 Å². The Morgan fingerprint density at radius 1 is 1.47 bits per heavy atom. The number of aliphatic hydroxyl groups is 1. The molecule has 1 aliphatic heterocycles. The molecule has 0 radical (unpaired) electrons. The summed E-state index contributed by atoms with van der Waals surface area (Å²) < 4.78 is 5.26. The molecule has 2 unspecified atom stereocenters. The van der Waals surface area contributed by atoms with Gasteiger partial charge in [0.15, 0.2) is 5.82 Å². The van der Waals surface area contributed by atoms with E-state index in [1.807, 2.05) is 6.92 Å². The first-order valence-corrected chi connectivity index (χ1v) is 6.45. The van der Waals surface area contributed by atoms with E-state index >= 15 is 0 Å². The van der Waals surface area contributed by atoms with Crippen molar-refractivity contribution in [2.45, 2.75) is 44.8 Å². The van der Waals surface area contributed by atoms with E-state index in [9.17, 15) is 5.11 Å². The standard InChI is InChI=1S/C12H19N3O2/c1-8(16)10-4-5-15(6-10)7-11-13-12(14-17-11)9-2-3-9/h8-10,16H,2-7H2,1H3. The second kappa shape index (κ2) is 4.38. The van der Waals surface area contributed by atoms with Gasteiger partial charge in [0.25, 0.3) is 0 Å². The topological polar surface area (TPSA) is 62.4 Å². The molecule has 2 fully saturated rings. The lowest BCUT2D eigenvalue weighted by Crippen LogP contribution is -2.24. The summed E-state index contributed by atoms with van der Waals surface area (Å²) in [4.78, 5) is 6.70. The number of aromatic nitrogens is 2. The zero-order valence-electron chi connectivity index (χ0n) is 10.2. The van der Waals surface area contributed by atoms with E-state index in [2.05, 4.69) is 15.0 Å². The van der Waals surface area contributed by atoms with E-state index in [1.54, 1.807) is 0 Å². The summed E-state index contributed by atoms with van der Waals surface area (Å²) in [6.07, 6.45) is 3.24. The summed E-state index contributed by atoms with van der Waals surface area (Å²) in [5.41, 5.74) is 0. The Bertz CT molecular complexity index is 387. The third-order valence-corrected chi connectivity index (χ3v) is 3.78. The van der Waals surface area contributed by atoms with E-state index in [-0.39, 0.29) is 6.10 Å². The van der Waals surface area contributed by atoms with Gasteiger partial charge in [-0.2, -0.15) is 4.98 Å². The molecule has 0 spiro atoms. The van der Waals surface area contributed by atoms with Crippen LogP contribution in [0.15, 0.2) is 4.52 Å². The molecule has 1 aromatic heterocycles. The van der Waals surface area contributed by atoms with Crippen molar-refractivity contribution in [3.63, 3.8) is 0 Å². The Labute approximate surface area is 101 Å². The molecule has 5 nitrogen and oxygen atoms in total. The molecule has 3 rings (SSSR count). The van der Waals surface area contributed by atoms with E-state index < -0.39 is 0 Å². The number of aliphatic hydroxyl groups excluding tert-OH is 1. The first kappa shape index (κ1) is 11.2. The van der Waals surface area contributed by atoms with E-state index in [0.717, 1.165) is 37.8 Å². The zero-order valence-corrected chi connectivity index (χ0v) is 10.2. The van der Waals surface area contributed by atoms with E-state index in [0.29, 0.717) is 11.8 Å². The number of hydrogen-bond acceptors (Lipinski definition) is 5. The van der Waals surface area contributed by atoms with Crippen LogP contribution in [0.4, 0.5) is 0 Å². The molecule has 94 valence electrons. The fourth-order valence-corrected chi connectivity index (χ4v) is 2.43. The highest BCUT2D eigenvalue weighted by Gasteiger charge is 2.30. The molecule has 1 aliphatic carbocycles. The predicted molar refractivity (Wildman–Crippen MR) is 61.3 cm³/mol. The summed E-state index contributed by atoms with van der Waals surface area (Å²) >= 11 is 0. The van der Waals surface area contributed by atoms with E-state index in [1.165, 1.54) is 12.8 Å². The first-order chi connectivity index (χ1) is 8.22. The summed E-state index contributed by atoms with van der Waals surface area (Å²) in [7, 11) is 0. The van der Waals surface area contributed by atoms with Crippen LogP contribution < -0.4 is 0 Å². The molecule has 1 N–H and O–H groups in total. The van der Waals surface area contributed by atoms with Crippen molar-refractivity contribution in [3.05, 3.63) is 11.7 Å². The molecule has 0 aromatic carbocycles. The second-order valence-corrected chi connectivity index (χ2v) is 5.35. The summed E-state index contributed by atoms with van der Waals surface area (Å²) in [5.74, 6) is 2.54. The average molecular weight is 237 g/mol. The highest BCUT2D eigenvalue weighted by molar-refractivity contribution is 5.03. The smallest absolute Gasteiger partial charge is 0.240 e. The number of likely N-dealkylation sites (tertiary alicyclic amines) is 1. The van der Waals surface area contributed by atoms with Crippen LogP contribution in [0.1, 0.15) is 43.8 Å². The highest BCUT2D eigenvalue weighted by atomic mass is 16.5. The van der Waals surface area contributed by atoms with Crippen molar-refractivity contribution in [3.8, 4) is 0 Å². The van der Waals surface area contributed by atoms with Gasteiger partial charge in [0.1, 0.15) is 0 Å². The van der Waals surface area contributed by atoms with Gasteiger partial charge < -0.3 is 9.63 Å². The van der Waals surface area contributed by atoms with Crippen molar-refractivity contribution >= 4 is 0 Å². The molecule has 1 saturated carbocycles. The lowest BCUT2D eigenvalue weighted by atomic mass is 10.0. The van der Waals surface area contributed by atoms with Crippen LogP contribution in [0.5, 0.6) is 0 Å². The van der Waals surface area contributed by atoms with Crippen molar-refractivity contribution in [1.29, 1.82) is 0 Å². The van der Waals surface area contributed by atoms with Crippen LogP contribution in [-0.2, 0) is 6.54 Å². The normalized spacial score (nSPS) is 27.5. The molecular formula is C12H19N3O2. The van der Waals surface area contributed by atoms with Crippen molar-refractivity contribution in [2.24, 2.45) is 5.92 Å². The van der Waals surface area contributed by atoms with Crippen LogP contribution in [0.25, 0.3) is 0 Å². The van der Waals surface area contributed by atoms with Crippen LogP contribution in [0, 0.1) is 5.92 Å². The Kier molecular flexibility index (Phi) is 2.88. The van der Waals surface area contributed by atoms with Gasteiger partial charge >= 0.3 is 0 Å². The molecule has 5 heteroatoms. The van der Waals surface area contributed by atoms with E-state index in [4.69, 9.17) is 4.52 Å². The lowest BCUT2D eigenvalue weighted by molar-refractivity contribution is 0.125. The van der Waals surface area contributed by atoms with Gasteiger partial charge in [-0.1, -0.05) is 5.16 Å². The number of nitrogens with zero attached hydrogens (tertiary/aromatic N) is 3. The zero-order chi connectivity index (χ0) is 11.8. The number of hydrogen-bond donors (Lipinski definition) is 1. The Balaban J connectivity index is 1.56. The van der Waals surface area contributed by atoms with Gasteiger partial charge in [-0.3, -0.25) is 4.90 Å². The monoisotopic (exact) mass is 237 g/mol. The second-order valence-electron chi connectivity index (χ2n) is 5.35. The minimum Gasteiger partial charge on any atom is -0.393 e. The SMILES string of the molecule is CC(O)C1CCN(Cc2nc(C3CC3)no2)C1. The number of rotatable bonds is 4. The Morgan fingerprint density at radius 2 is 2.29 bits per heavy atom. The van der Waals surface area contributed by atoms with Gasteiger partial charge in [0.2, 0.25) is 5.89 Å². The van der Waals surface area contributed by atoms with Gasteiger partial charge in [-0.25, -0.2) is 0 Å². The Morgan fingerprint density at radius 3 is 2.94 bits per heavy atom. The molecule has 17 heavy (non-hydrogen) atoms. The molecule has 0 amide bonds. The van der Waals surface area contributed by atoms with Crippen molar-refractivity contribution in [1.82, 2.24) is 15.0 Å². The predicted octanol–water partition coefficient (Wildman–Crippen LogP) is 1.15. The first-order valence-electron chi connectivity index (χ1n) is 6.45. The fraction of sp³-hybridized carbons (Fsp3) is 0.833. The molecule has 1 saturated heterocycles. The minimum absolute atomic E-state index is 0.218. The van der Waals surface area contributed by atoms with Crippen LogP contribution in [-0.4, -0.2) is 39.3 Å². The summed E-state index contributed by atoms with van der Waals surface area (Å²) in [6, 6.07) is 0. The lowest BCUT2D eigenvalue weighted by Gasteiger charge is -2.15. The van der Waals surface area contributed by atoms with Gasteiger partial charge in [-0.05, 0) is 38.6 Å². The maximum atomic E-state index is 9.54. The fourth-order valence-electron chi connectivity index (χ4n) is 2.43. The largest absolute Gasteiger partial charge is 0.393 e. The maximum Gasteiger partial charge on any atom is 0.240 e. The van der Waals surface area contributed by atoms with Gasteiger partial charge in [0.05, 0.1) is 12.6 Å². The third kappa shape index (κ3) is 2.50. The summed E-state index contributed by atoms with van der Waals surface area (Å²) in [6.45, 7) is 4.53. The summed E-state index contributed by atoms with van der Waals surface area (Å²) in [5, 5.41) is 13.6. The van der Waals surface area contributed by atoms with Crippen LogP contribution >= 0.6 is 0 Å². The molecular weight excluding hydrogens is 218 g/mol. The average Bonchev–Trinajstić information content (AvgIpc) is 2.87. The van der Waals surface area contributed by atoms with Crippen molar-refractivity contribution < 1.29 is 9.63 Å². The molecule has 0 bridgehead atoms. The molecule has 2 heterocycles. The van der Waals surface area contributed by atoms with Crippen LogP contribution in [0.2, 0.25) is 0 Å². The maximum absolute atomic E-state index is 9.54. The quantitative estimate of drug-likeness (QED) is 0.851. The highest BCUT2D eigenvalue weighted by Crippen LogP contribution is 2.38. The van der Waals surface area contributed by atoms with Crippen molar-refractivity contribution in [2.75, 3.05) is 13.1 Å². The molecule has 2 atom stereocenters. The molecule has 2 aliphatic rings.